The van der Waals surface area contributed by atoms with Gasteiger partial charge in [0.2, 0.25) is 0 Å². The molecule has 0 aliphatic carbocycles. The molecule has 1 aliphatic rings. The van der Waals surface area contributed by atoms with Crippen LogP contribution >= 0.6 is 0 Å². The third-order valence-electron chi connectivity index (χ3n) is 3.55. The molecule has 0 aromatic heterocycles. The van der Waals surface area contributed by atoms with Crippen molar-refractivity contribution in [2.45, 2.75) is 38.3 Å². The fraction of sp³-hybridized carbons (Fsp3) is 0.600. The minimum absolute atomic E-state index is 0.313. The van der Waals surface area contributed by atoms with Crippen molar-refractivity contribution in [3.63, 3.8) is 0 Å². The number of hydrogen-bond donors (Lipinski definition) is 1. The highest BCUT2D eigenvalue weighted by atomic mass is 16.5. The van der Waals surface area contributed by atoms with Crippen molar-refractivity contribution in [2.75, 3.05) is 20.1 Å². The first kappa shape index (κ1) is 13.4. The Bertz CT molecular complexity index is 390. The Morgan fingerprint density at radius 2 is 1.94 bits per heavy atom. The molecule has 1 heterocycles. The van der Waals surface area contributed by atoms with Gasteiger partial charge in [-0.1, -0.05) is 12.1 Å². The van der Waals surface area contributed by atoms with Gasteiger partial charge in [0.05, 0.1) is 0 Å². The molecule has 1 saturated heterocycles. The molecule has 0 radical (unpaired) electrons. The zero-order valence-corrected chi connectivity index (χ0v) is 11.6. The maximum Gasteiger partial charge on any atom is 0.120 e. The van der Waals surface area contributed by atoms with Crippen molar-refractivity contribution in [2.24, 2.45) is 5.73 Å². The fourth-order valence-corrected chi connectivity index (χ4v) is 2.27. The molecule has 0 atom stereocenters. The van der Waals surface area contributed by atoms with Crippen molar-refractivity contribution < 1.29 is 4.74 Å². The first-order chi connectivity index (χ1) is 8.45. The summed E-state index contributed by atoms with van der Waals surface area (Å²) in [6.45, 7) is 6.27. The van der Waals surface area contributed by atoms with Gasteiger partial charge in [0.1, 0.15) is 11.9 Å². The molecule has 1 fully saturated rings. The van der Waals surface area contributed by atoms with Crippen LogP contribution in [0.1, 0.15) is 32.3 Å². The molecular formula is C15H24N2O. The van der Waals surface area contributed by atoms with Gasteiger partial charge in [0, 0.05) is 18.6 Å². The highest BCUT2D eigenvalue weighted by Crippen LogP contribution is 2.24. The molecule has 1 aromatic rings. The molecule has 1 aromatic carbocycles. The minimum Gasteiger partial charge on any atom is -0.490 e. The predicted octanol–water partition coefficient (Wildman–Crippen LogP) is 2.35. The van der Waals surface area contributed by atoms with E-state index in [1.807, 2.05) is 26.0 Å². The van der Waals surface area contributed by atoms with E-state index in [1.54, 1.807) is 0 Å². The van der Waals surface area contributed by atoms with Crippen molar-refractivity contribution in [1.29, 1.82) is 0 Å². The lowest BCUT2D eigenvalue weighted by molar-refractivity contribution is 0.114. The Balaban J connectivity index is 2.01. The lowest BCUT2D eigenvalue weighted by atomic mass is 9.95. The van der Waals surface area contributed by atoms with E-state index >= 15 is 0 Å². The lowest BCUT2D eigenvalue weighted by Gasteiger charge is -2.29. The Morgan fingerprint density at radius 3 is 2.56 bits per heavy atom. The summed E-state index contributed by atoms with van der Waals surface area (Å²) in [6, 6.07) is 8.17. The van der Waals surface area contributed by atoms with Gasteiger partial charge in [-0.3, -0.25) is 0 Å². The molecular weight excluding hydrogens is 224 g/mol. The van der Waals surface area contributed by atoms with Gasteiger partial charge < -0.3 is 15.4 Å². The molecule has 3 heteroatoms. The molecule has 0 amide bonds. The Morgan fingerprint density at radius 1 is 1.28 bits per heavy atom. The number of ether oxygens (including phenoxy) is 1. The highest BCUT2D eigenvalue weighted by Gasteiger charge is 2.19. The number of benzene rings is 1. The second-order valence-electron chi connectivity index (χ2n) is 5.87. The Hall–Kier alpha value is -1.06. The van der Waals surface area contributed by atoms with Crippen LogP contribution in [0.25, 0.3) is 0 Å². The number of nitrogens with zero attached hydrogens (tertiary/aromatic N) is 1. The van der Waals surface area contributed by atoms with E-state index in [0.717, 1.165) is 37.2 Å². The largest absolute Gasteiger partial charge is 0.490 e. The van der Waals surface area contributed by atoms with Gasteiger partial charge in [-0.15, -0.1) is 0 Å². The summed E-state index contributed by atoms with van der Waals surface area (Å²) >= 11 is 0. The average Bonchev–Trinajstić information content (AvgIpc) is 2.31. The summed E-state index contributed by atoms with van der Waals surface area (Å²) in [7, 11) is 2.16. The number of likely N-dealkylation sites (tertiary alicyclic amines) is 1. The Kier molecular flexibility index (Phi) is 3.93. The highest BCUT2D eigenvalue weighted by molar-refractivity contribution is 5.32. The van der Waals surface area contributed by atoms with E-state index in [4.69, 9.17) is 10.5 Å². The molecule has 0 spiro atoms. The van der Waals surface area contributed by atoms with E-state index in [1.165, 1.54) is 0 Å². The number of nitrogens with two attached hydrogens (primary N) is 1. The van der Waals surface area contributed by atoms with Gasteiger partial charge >= 0.3 is 0 Å². The topological polar surface area (TPSA) is 38.5 Å². The molecule has 100 valence electrons. The molecule has 0 bridgehead atoms. The normalized spacial score (nSPS) is 18.9. The summed E-state index contributed by atoms with van der Waals surface area (Å²) < 4.78 is 6.06. The fourth-order valence-electron chi connectivity index (χ4n) is 2.27. The van der Waals surface area contributed by atoms with Gasteiger partial charge in [0.25, 0.3) is 0 Å². The minimum atomic E-state index is -0.313. The standard InChI is InChI=1S/C15H24N2O/c1-15(2,16)12-5-4-6-14(11-12)18-13-7-9-17(3)10-8-13/h4-6,11,13H,7-10,16H2,1-3H3. The van der Waals surface area contributed by atoms with Gasteiger partial charge in [-0.05, 0) is 51.4 Å². The summed E-state index contributed by atoms with van der Waals surface area (Å²) in [5, 5.41) is 0. The van der Waals surface area contributed by atoms with E-state index in [0.29, 0.717) is 6.10 Å². The van der Waals surface area contributed by atoms with Gasteiger partial charge in [0.15, 0.2) is 0 Å². The van der Waals surface area contributed by atoms with E-state index in [-0.39, 0.29) is 5.54 Å². The van der Waals surface area contributed by atoms with E-state index in [9.17, 15) is 0 Å². The molecule has 3 nitrogen and oxygen atoms in total. The van der Waals surface area contributed by atoms with Crippen LogP contribution in [-0.2, 0) is 5.54 Å². The van der Waals surface area contributed by atoms with Crippen LogP contribution in [0.2, 0.25) is 0 Å². The van der Waals surface area contributed by atoms with Crippen molar-refractivity contribution in [3.8, 4) is 5.75 Å². The van der Waals surface area contributed by atoms with Crippen LogP contribution in [0.15, 0.2) is 24.3 Å². The van der Waals surface area contributed by atoms with Crippen LogP contribution in [0.3, 0.4) is 0 Å². The summed E-state index contributed by atoms with van der Waals surface area (Å²) in [5.74, 6) is 0.945. The predicted molar refractivity (Wildman–Crippen MR) is 74.8 cm³/mol. The first-order valence-corrected chi connectivity index (χ1v) is 6.70. The molecule has 2 rings (SSSR count). The third-order valence-corrected chi connectivity index (χ3v) is 3.55. The average molecular weight is 248 g/mol. The summed E-state index contributed by atoms with van der Waals surface area (Å²) in [6.07, 6.45) is 2.55. The SMILES string of the molecule is CN1CCC(Oc2cccc(C(C)(C)N)c2)CC1. The molecule has 0 saturated carbocycles. The van der Waals surface area contributed by atoms with Gasteiger partial charge in [-0.2, -0.15) is 0 Å². The maximum atomic E-state index is 6.11. The maximum absolute atomic E-state index is 6.11. The smallest absolute Gasteiger partial charge is 0.120 e. The van der Waals surface area contributed by atoms with Crippen LogP contribution < -0.4 is 10.5 Å². The molecule has 2 N–H and O–H groups in total. The number of piperidine rings is 1. The second kappa shape index (κ2) is 5.29. The van der Waals surface area contributed by atoms with Crippen molar-refractivity contribution in [1.82, 2.24) is 4.90 Å². The van der Waals surface area contributed by atoms with Crippen LogP contribution in [-0.4, -0.2) is 31.1 Å². The monoisotopic (exact) mass is 248 g/mol. The molecule has 1 aliphatic heterocycles. The first-order valence-electron chi connectivity index (χ1n) is 6.70. The second-order valence-corrected chi connectivity index (χ2v) is 5.87. The summed E-state index contributed by atoms with van der Waals surface area (Å²) in [5.41, 5.74) is 6.92. The van der Waals surface area contributed by atoms with Crippen LogP contribution in [0.4, 0.5) is 0 Å². The zero-order chi connectivity index (χ0) is 13.2. The van der Waals surface area contributed by atoms with Crippen molar-refractivity contribution >= 4 is 0 Å². The number of hydrogen-bond acceptors (Lipinski definition) is 3. The molecule has 18 heavy (non-hydrogen) atoms. The lowest BCUT2D eigenvalue weighted by Crippen LogP contribution is -2.35. The van der Waals surface area contributed by atoms with E-state index < -0.39 is 0 Å². The van der Waals surface area contributed by atoms with Crippen LogP contribution in [0.5, 0.6) is 5.75 Å². The van der Waals surface area contributed by atoms with Crippen molar-refractivity contribution in [3.05, 3.63) is 29.8 Å². The molecule has 0 unspecified atom stereocenters. The zero-order valence-electron chi connectivity index (χ0n) is 11.6. The quantitative estimate of drug-likeness (QED) is 0.892. The Labute approximate surface area is 110 Å². The van der Waals surface area contributed by atoms with Gasteiger partial charge in [-0.25, -0.2) is 0 Å². The third kappa shape index (κ3) is 3.47. The van der Waals surface area contributed by atoms with Crippen LogP contribution in [0, 0.1) is 0 Å². The summed E-state index contributed by atoms with van der Waals surface area (Å²) in [4.78, 5) is 2.35. The van der Waals surface area contributed by atoms with E-state index in [2.05, 4.69) is 24.1 Å². The number of rotatable bonds is 3.